The summed E-state index contributed by atoms with van der Waals surface area (Å²) in [5, 5.41) is 0. The summed E-state index contributed by atoms with van der Waals surface area (Å²) < 4.78 is 11.9. The van der Waals surface area contributed by atoms with Gasteiger partial charge in [0.15, 0.2) is 0 Å². The van der Waals surface area contributed by atoms with Crippen molar-refractivity contribution < 1.29 is 14.3 Å². The van der Waals surface area contributed by atoms with Crippen LogP contribution in [0.25, 0.3) is 0 Å². The molecule has 3 aromatic rings. The van der Waals surface area contributed by atoms with Crippen molar-refractivity contribution in [1.82, 2.24) is 14.8 Å². The van der Waals surface area contributed by atoms with E-state index in [0.29, 0.717) is 17.9 Å². The first kappa shape index (κ1) is 27.2. The van der Waals surface area contributed by atoms with Crippen molar-refractivity contribution in [1.29, 1.82) is 0 Å². The Morgan fingerprint density at radius 1 is 1.00 bits per heavy atom. The van der Waals surface area contributed by atoms with E-state index in [2.05, 4.69) is 40.2 Å². The predicted molar refractivity (Wildman–Crippen MR) is 154 cm³/mol. The highest BCUT2D eigenvalue weighted by atomic mass is 16.5. The van der Waals surface area contributed by atoms with Crippen LogP contribution in [-0.2, 0) is 13.0 Å². The largest absolute Gasteiger partial charge is 0.496 e. The summed E-state index contributed by atoms with van der Waals surface area (Å²) in [5.74, 6) is 1.79. The molecule has 39 heavy (non-hydrogen) atoms. The van der Waals surface area contributed by atoms with Crippen LogP contribution < -0.4 is 9.47 Å². The summed E-state index contributed by atoms with van der Waals surface area (Å²) in [5.41, 5.74) is 4.36. The lowest BCUT2D eigenvalue weighted by molar-refractivity contribution is 0.0359. The molecular weight excluding hydrogens is 486 g/mol. The van der Waals surface area contributed by atoms with Gasteiger partial charge in [0, 0.05) is 45.1 Å². The van der Waals surface area contributed by atoms with Crippen LogP contribution in [0.3, 0.4) is 0 Å². The van der Waals surface area contributed by atoms with E-state index in [-0.39, 0.29) is 11.3 Å². The number of hydrogen-bond acceptors (Lipinski definition) is 5. The summed E-state index contributed by atoms with van der Waals surface area (Å²) in [7, 11) is 1.65. The van der Waals surface area contributed by atoms with Crippen molar-refractivity contribution in [2.75, 3.05) is 39.9 Å². The van der Waals surface area contributed by atoms with E-state index in [1.165, 1.54) is 24.0 Å². The quantitative estimate of drug-likeness (QED) is 0.421. The zero-order valence-electron chi connectivity index (χ0n) is 23.4. The molecule has 0 aliphatic carbocycles. The number of methoxy groups -OCH3 is 1. The average molecular weight is 528 g/mol. The van der Waals surface area contributed by atoms with Gasteiger partial charge >= 0.3 is 0 Å². The van der Waals surface area contributed by atoms with Crippen LogP contribution in [0.2, 0.25) is 0 Å². The Labute approximate surface area is 233 Å². The summed E-state index contributed by atoms with van der Waals surface area (Å²) >= 11 is 0. The van der Waals surface area contributed by atoms with Crippen LogP contribution in [0.15, 0.2) is 67.0 Å². The SMILES string of the molecule is COc1c(C)cccc1C(=O)N1CCC2(CCCCc3ccccc3OCCN(Cc3cccnc3)C2)CC1. The second-order valence-electron chi connectivity index (χ2n) is 11.2. The molecule has 6 heteroatoms. The predicted octanol–water partition coefficient (Wildman–Crippen LogP) is 5.93. The molecule has 1 aromatic heterocycles. The molecule has 2 aliphatic rings. The number of pyridine rings is 1. The molecule has 0 bridgehead atoms. The van der Waals surface area contributed by atoms with E-state index < -0.39 is 0 Å². The molecule has 2 aliphatic heterocycles. The average Bonchev–Trinajstić information content (AvgIpc) is 2.96. The lowest BCUT2D eigenvalue weighted by atomic mass is 9.73. The highest BCUT2D eigenvalue weighted by Gasteiger charge is 2.38. The maximum Gasteiger partial charge on any atom is 0.257 e. The number of carbonyl (C=O) groups excluding carboxylic acids is 1. The first-order valence-corrected chi connectivity index (χ1v) is 14.3. The minimum absolute atomic E-state index is 0.0794. The Morgan fingerprint density at radius 2 is 1.85 bits per heavy atom. The van der Waals surface area contributed by atoms with Crippen molar-refractivity contribution in [3.63, 3.8) is 0 Å². The Bertz CT molecular complexity index is 1240. The van der Waals surface area contributed by atoms with E-state index >= 15 is 0 Å². The Kier molecular flexibility index (Phi) is 8.82. The van der Waals surface area contributed by atoms with Gasteiger partial charge in [-0.25, -0.2) is 0 Å². The van der Waals surface area contributed by atoms with Gasteiger partial charge < -0.3 is 14.4 Å². The zero-order valence-corrected chi connectivity index (χ0v) is 23.4. The van der Waals surface area contributed by atoms with Crippen LogP contribution in [0.5, 0.6) is 11.5 Å². The molecule has 0 atom stereocenters. The molecule has 0 radical (unpaired) electrons. The van der Waals surface area contributed by atoms with Gasteiger partial charge in [0.2, 0.25) is 0 Å². The van der Waals surface area contributed by atoms with Gasteiger partial charge in [-0.2, -0.15) is 0 Å². The summed E-state index contributed by atoms with van der Waals surface area (Å²) in [6.45, 7) is 6.91. The third kappa shape index (κ3) is 6.62. The van der Waals surface area contributed by atoms with Gasteiger partial charge in [-0.05, 0) is 79.3 Å². The number of para-hydroxylation sites is 2. The number of hydrogen-bond donors (Lipinski definition) is 0. The Balaban J connectivity index is 1.33. The lowest BCUT2D eigenvalue weighted by Crippen LogP contribution is -2.48. The van der Waals surface area contributed by atoms with Crippen molar-refractivity contribution in [2.24, 2.45) is 5.41 Å². The van der Waals surface area contributed by atoms with Gasteiger partial charge in [-0.15, -0.1) is 0 Å². The monoisotopic (exact) mass is 527 g/mol. The number of amides is 1. The molecule has 3 heterocycles. The molecule has 1 fully saturated rings. The molecule has 1 amide bonds. The number of fused-ring (bicyclic) bond motifs is 1. The highest BCUT2D eigenvalue weighted by molar-refractivity contribution is 5.97. The zero-order chi connectivity index (χ0) is 27.1. The molecule has 2 aromatic carbocycles. The Morgan fingerprint density at radius 3 is 2.64 bits per heavy atom. The standard InChI is InChI=1S/C33H41N3O3/c1-26-9-7-13-29(31(26)38-2)32(37)36-19-16-33(17-20-36)15-6-5-12-28-11-3-4-14-30(28)39-22-21-35(25-33)24-27-10-8-18-34-23-27/h3-4,7-11,13-14,18,23H,5-6,12,15-17,19-22,24-25H2,1-2H3. The van der Waals surface area contributed by atoms with Crippen LogP contribution >= 0.6 is 0 Å². The molecule has 0 N–H and O–H groups in total. The van der Waals surface area contributed by atoms with E-state index in [0.717, 1.165) is 69.7 Å². The van der Waals surface area contributed by atoms with Crippen molar-refractivity contribution in [3.8, 4) is 11.5 Å². The second-order valence-corrected chi connectivity index (χ2v) is 11.2. The fourth-order valence-corrected chi connectivity index (χ4v) is 6.32. The third-order valence-electron chi connectivity index (χ3n) is 8.49. The van der Waals surface area contributed by atoms with Crippen molar-refractivity contribution in [2.45, 2.75) is 52.0 Å². The van der Waals surface area contributed by atoms with Gasteiger partial charge in [0.25, 0.3) is 5.91 Å². The third-order valence-corrected chi connectivity index (χ3v) is 8.49. The number of piperidine rings is 1. The number of aryl methyl sites for hydroxylation is 2. The summed E-state index contributed by atoms with van der Waals surface area (Å²) in [4.78, 5) is 22.5. The Hall–Kier alpha value is -3.38. The van der Waals surface area contributed by atoms with Crippen molar-refractivity contribution >= 4 is 5.91 Å². The minimum atomic E-state index is 0.0794. The summed E-state index contributed by atoms with van der Waals surface area (Å²) in [6, 6.07) is 18.5. The van der Waals surface area contributed by atoms with Gasteiger partial charge in [0.1, 0.15) is 18.1 Å². The number of carbonyl (C=O) groups is 1. The van der Waals surface area contributed by atoms with Crippen LogP contribution in [0.1, 0.15) is 59.2 Å². The minimum Gasteiger partial charge on any atom is -0.496 e. The molecule has 6 nitrogen and oxygen atoms in total. The number of rotatable bonds is 4. The highest BCUT2D eigenvalue weighted by Crippen LogP contribution is 2.39. The molecule has 0 saturated carbocycles. The number of benzene rings is 2. The maximum atomic E-state index is 13.5. The number of ether oxygens (including phenoxy) is 2. The van der Waals surface area contributed by atoms with E-state index in [9.17, 15) is 4.79 Å². The van der Waals surface area contributed by atoms with Gasteiger partial charge in [-0.3, -0.25) is 14.7 Å². The normalized spacial score (nSPS) is 18.4. The molecule has 0 unspecified atom stereocenters. The van der Waals surface area contributed by atoms with Crippen molar-refractivity contribution in [3.05, 3.63) is 89.2 Å². The smallest absolute Gasteiger partial charge is 0.257 e. The molecule has 206 valence electrons. The van der Waals surface area contributed by atoms with Gasteiger partial charge in [0.05, 0.1) is 12.7 Å². The maximum absolute atomic E-state index is 13.5. The first-order valence-electron chi connectivity index (χ1n) is 14.3. The molecular formula is C33H41N3O3. The number of nitrogens with zero attached hydrogens (tertiary/aromatic N) is 3. The fourth-order valence-electron chi connectivity index (χ4n) is 6.32. The second kappa shape index (κ2) is 12.6. The van der Waals surface area contributed by atoms with Gasteiger partial charge in [-0.1, -0.05) is 42.8 Å². The molecule has 1 saturated heterocycles. The fraction of sp³-hybridized carbons (Fsp3) is 0.455. The molecule has 1 spiro atoms. The van der Waals surface area contributed by atoms with Crippen LogP contribution in [0.4, 0.5) is 0 Å². The lowest BCUT2D eigenvalue weighted by Gasteiger charge is -2.45. The van der Waals surface area contributed by atoms with E-state index in [1.807, 2.05) is 48.5 Å². The van der Waals surface area contributed by atoms with E-state index in [1.54, 1.807) is 7.11 Å². The topological polar surface area (TPSA) is 54.9 Å². The number of aromatic nitrogens is 1. The first-order chi connectivity index (χ1) is 19.1. The van der Waals surface area contributed by atoms with Crippen LogP contribution in [0, 0.1) is 12.3 Å². The van der Waals surface area contributed by atoms with E-state index in [4.69, 9.17) is 9.47 Å². The van der Waals surface area contributed by atoms with Crippen LogP contribution in [-0.4, -0.2) is 60.6 Å². The summed E-state index contributed by atoms with van der Waals surface area (Å²) in [6.07, 6.45) is 10.4. The molecule has 5 rings (SSSR count). The number of likely N-dealkylation sites (tertiary alicyclic amines) is 1.